The van der Waals surface area contributed by atoms with Gasteiger partial charge in [-0.2, -0.15) is 5.26 Å². The van der Waals surface area contributed by atoms with Gasteiger partial charge in [-0.1, -0.05) is 60.4 Å². The molecule has 0 atom stereocenters. The van der Waals surface area contributed by atoms with Crippen LogP contribution in [-0.4, -0.2) is 16.1 Å². The standard InChI is InChI=1S/C19H16N4OS2/c1-2-13-7-9-14(10-8-13)17(24)21-18-22-23-19(26-18)25-12-16-6-4-3-5-15(16)11-20/h3-10H,2,12H2,1H3,(H,21,22,24). The molecule has 0 aliphatic carbocycles. The summed E-state index contributed by atoms with van der Waals surface area (Å²) in [6.45, 7) is 2.07. The van der Waals surface area contributed by atoms with Crippen LogP contribution in [0, 0.1) is 11.3 Å². The van der Waals surface area contributed by atoms with Crippen molar-refractivity contribution >= 4 is 34.1 Å². The van der Waals surface area contributed by atoms with E-state index in [0.717, 1.165) is 16.3 Å². The number of anilines is 1. The second-order valence-corrected chi connectivity index (χ2v) is 7.64. The molecular formula is C19H16N4OS2. The van der Waals surface area contributed by atoms with Crippen LogP contribution in [0.2, 0.25) is 0 Å². The number of aryl methyl sites for hydroxylation is 1. The lowest BCUT2D eigenvalue weighted by atomic mass is 10.1. The van der Waals surface area contributed by atoms with Crippen molar-refractivity contribution in [3.63, 3.8) is 0 Å². The summed E-state index contributed by atoms with van der Waals surface area (Å²) in [4.78, 5) is 12.3. The van der Waals surface area contributed by atoms with Crippen LogP contribution in [0.1, 0.15) is 34.0 Å². The Bertz CT molecular complexity index is 945. The number of nitrogens with zero attached hydrogens (tertiary/aromatic N) is 3. The van der Waals surface area contributed by atoms with Gasteiger partial charge in [0.15, 0.2) is 4.34 Å². The van der Waals surface area contributed by atoms with Crippen molar-refractivity contribution in [3.05, 3.63) is 70.8 Å². The average Bonchev–Trinajstić information content (AvgIpc) is 3.14. The number of carbonyl (C=O) groups is 1. The Morgan fingerprint density at radius 2 is 1.96 bits per heavy atom. The molecule has 0 aliphatic heterocycles. The van der Waals surface area contributed by atoms with E-state index in [2.05, 4.69) is 28.5 Å². The number of nitrogens with one attached hydrogen (secondary N) is 1. The fourth-order valence-electron chi connectivity index (χ4n) is 2.27. The van der Waals surface area contributed by atoms with Crippen molar-refractivity contribution in [2.24, 2.45) is 0 Å². The van der Waals surface area contributed by atoms with Crippen LogP contribution in [-0.2, 0) is 12.2 Å². The van der Waals surface area contributed by atoms with E-state index in [9.17, 15) is 4.79 Å². The Balaban J connectivity index is 1.60. The summed E-state index contributed by atoms with van der Waals surface area (Å²) in [6.07, 6.45) is 0.938. The summed E-state index contributed by atoms with van der Waals surface area (Å²) in [7, 11) is 0. The molecule has 1 heterocycles. The molecule has 0 unspecified atom stereocenters. The molecular weight excluding hydrogens is 364 g/mol. The Kier molecular flexibility index (Phi) is 6.00. The van der Waals surface area contributed by atoms with Crippen LogP contribution in [0.15, 0.2) is 52.9 Å². The first-order valence-electron chi connectivity index (χ1n) is 8.04. The first-order chi connectivity index (χ1) is 12.7. The third-order valence-corrected chi connectivity index (χ3v) is 5.76. The molecule has 1 N–H and O–H groups in total. The lowest BCUT2D eigenvalue weighted by Crippen LogP contribution is -2.11. The van der Waals surface area contributed by atoms with E-state index in [1.54, 1.807) is 6.07 Å². The number of hydrogen-bond donors (Lipinski definition) is 1. The highest BCUT2D eigenvalue weighted by Crippen LogP contribution is 2.29. The van der Waals surface area contributed by atoms with Gasteiger partial charge in [-0.15, -0.1) is 10.2 Å². The zero-order chi connectivity index (χ0) is 18.4. The van der Waals surface area contributed by atoms with Crippen LogP contribution in [0.3, 0.4) is 0 Å². The molecule has 130 valence electrons. The van der Waals surface area contributed by atoms with E-state index in [4.69, 9.17) is 5.26 Å². The molecule has 0 spiro atoms. The fraction of sp³-hybridized carbons (Fsp3) is 0.158. The molecule has 5 nitrogen and oxygen atoms in total. The summed E-state index contributed by atoms with van der Waals surface area (Å²) in [6, 6.07) is 17.2. The number of thioether (sulfide) groups is 1. The predicted molar refractivity (Wildman–Crippen MR) is 104 cm³/mol. The van der Waals surface area contributed by atoms with Crippen LogP contribution in [0.5, 0.6) is 0 Å². The van der Waals surface area contributed by atoms with Crippen molar-refractivity contribution in [2.45, 2.75) is 23.4 Å². The lowest BCUT2D eigenvalue weighted by Gasteiger charge is -2.02. The number of hydrogen-bond acceptors (Lipinski definition) is 6. The van der Waals surface area contributed by atoms with E-state index in [1.807, 2.05) is 42.5 Å². The molecule has 0 radical (unpaired) electrons. The van der Waals surface area contributed by atoms with Crippen LogP contribution < -0.4 is 5.32 Å². The van der Waals surface area contributed by atoms with Crippen molar-refractivity contribution in [1.29, 1.82) is 5.26 Å². The second kappa shape index (κ2) is 8.61. The molecule has 0 aliphatic rings. The molecule has 7 heteroatoms. The number of amides is 1. The third kappa shape index (κ3) is 4.48. The van der Waals surface area contributed by atoms with Crippen LogP contribution in [0.25, 0.3) is 0 Å². The van der Waals surface area contributed by atoms with E-state index in [0.29, 0.717) is 22.0 Å². The first kappa shape index (κ1) is 18.1. The highest BCUT2D eigenvalue weighted by Gasteiger charge is 2.11. The van der Waals surface area contributed by atoms with Crippen LogP contribution >= 0.6 is 23.1 Å². The molecule has 0 bridgehead atoms. The van der Waals surface area contributed by atoms with Gasteiger partial charge in [0.1, 0.15) is 0 Å². The van der Waals surface area contributed by atoms with Crippen molar-refractivity contribution in [2.75, 3.05) is 5.32 Å². The highest BCUT2D eigenvalue weighted by molar-refractivity contribution is 8.00. The van der Waals surface area contributed by atoms with Crippen molar-refractivity contribution < 1.29 is 4.79 Å². The SMILES string of the molecule is CCc1ccc(C(=O)Nc2nnc(SCc3ccccc3C#N)s2)cc1. The molecule has 0 saturated carbocycles. The van der Waals surface area contributed by atoms with Gasteiger partial charge in [0.25, 0.3) is 5.91 Å². The highest BCUT2D eigenvalue weighted by atomic mass is 32.2. The van der Waals surface area contributed by atoms with E-state index in [-0.39, 0.29) is 5.91 Å². The van der Waals surface area contributed by atoms with Crippen molar-refractivity contribution in [3.8, 4) is 6.07 Å². The summed E-state index contributed by atoms with van der Waals surface area (Å²) in [5.41, 5.74) is 3.40. The minimum atomic E-state index is -0.199. The van der Waals surface area contributed by atoms with Gasteiger partial charge in [-0.05, 0) is 35.7 Å². The van der Waals surface area contributed by atoms with Gasteiger partial charge in [0, 0.05) is 11.3 Å². The first-order valence-corrected chi connectivity index (χ1v) is 9.84. The smallest absolute Gasteiger partial charge is 0.257 e. The third-order valence-electron chi connectivity index (χ3n) is 3.74. The Hall–Kier alpha value is -2.69. The molecule has 3 aromatic rings. The maximum absolute atomic E-state index is 12.3. The Morgan fingerprint density at radius 3 is 2.69 bits per heavy atom. The number of nitriles is 1. The van der Waals surface area contributed by atoms with E-state index in [1.165, 1.54) is 28.7 Å². The summed E-state index contributed by atoms with van der Waals surface area (Å²) in [5, 5.41) is 20.5. The van der Waals surface area contributed by atoms with Gasteiger partial charge < -0.3 is 0 Å². The summed E-state index contributed by atoms with van der Waals surface area (Å²) >= 11 is 2.82. The Morgan fingerprint density at radius 1 is 1.19 bits per heavy atom. The minimum absolute atomic E-state index is 0.199. The molecule has 1 amide bonds. The zero-order valence-corrected chi connectivity index (χ0v) is 15.7. The van der Waals surface area contributed by atoms with Gasteiger partial charge in [-0.25, -0.2) is 0 Å². The maximum atomic E-state index is 12.3. The molecule has 26 heavy (non-hydrogen) atoms. The largest absolute Gasteiger partial charge is 0.296 e. The van der Waals surface area contributed by atoms with Crippen LogP contribution in [0.4, 0.5) is 5.13 Å². The normalized spacial score (nSPS) is 10.3. The molecule has 0 saturated heterocycles. The topological polar surface area (TPSA) is 78.7 Å². The molecule has 0 fully saturated rings. The molecule has 2 aromatic carbocycles. The molecule has 1 aromatic heterocycles. The zero-order valence-electron chi connectivity index (χ0n) is 14.1. The monoisotopic (exact) mass is 380 g/mol. The van der Waals surface area contributed by atoms with Gasteiger partial charge in [-0.3, -0.25) is 10.1 Å². The van der Waals surface area contributed by atoms with E-state index < -0.39 is 0 Å². The van der Waals surface area contributed by atoms with Gasteiger partial charge in [0.05, 0.1) is 11.6 Å². The number of benzene rings is 2. The summed E-state index contributed by atoms with van der Waals surface area (Å²) in [5.74, 6) is 0.431. The Labute approximate surface area is 160 Å². The minimum Gasteiger partial charge on any atom is -0.296 e. The fourth-order valence-corrected chi connectivity index (χ4v) is 4.03. The van der Waals surface area contributed by atoms with Crippen molar-refractivity contribution in [1.82, 2.24) is 10.2 Å². The number of aromatic nitrogens is 2. The quantitative estimate of drug-likeness (QED) is 0.502. The van der Waals surface area contributed by atoms with Gasteiger partial charge in [0.2, 0.25) is 5.13 Å². The summed E-state index contributed by atoms with van der Waals surface area (Å²) < 4.78 is 0.745. The van der Waals surface area contributed by atoms with E-state index >= 15 is 0 Å². The second-order valence-electron chi connectivity index (χ2n) is 5.44. The molecule has 3 rings (SSSR count). The number of rotatable bonds is 6. The predicted octanol–water partition coefficient (Wildman–Crippen LogP) is 4.52. The number of carbonyl (C=O) groups excluding carboxylic acids is 1. The van der Waals surface area contributed by atoms with Gasteiger partial charge >= 0.3 is 0 Å². The lowest BCUT2D eigenvalue weighted by molar-refractivity contribution is 0.102. The maximum Gasteiger partial charge on any atom is 0.257 e. The average molecular weight is 380 g/mol.